The van der Waals surface area contributed by atoms with E-state index in [-0.39, 0.29) is 0 Å². The van der Waals surface area contributed by atoms with Gasteiger partial charge in [-0.1, -0.05) is 6.92 Å². The molecule has 0 aromatic heterocycles. The zero-order chi connectivity index (χ0) is 6.04. The van der Waals surface area contributed by atoms with Crippen molar-refractivity contribution in [3.8, 4) is 0 Å². The minimum atomic E-state index is 0.319. The van der Waals surface area contributed by atoms with Gasteiger partial charge < -0.3 is 5.32 Å². The Kier molecular flexibility index (Phi) is 1.83. The molecule has 1 atom stereocenters. The fraction of sp³-hybridized carbons (Fsp3) is 1.00. The van der Waals surface area contributed by atoms with Crippen LogP contribution in [-0.4, -0.2) is 17.8 Å². The van der Waals surface area contributed by atoms with Gasteiger partial charge in [0.1, 0.15) is 0 Å². The van der Waals surface area contributed by atoms with Gasteiger partial charge in [-0.15, -0.1) is 0 Å². The third-order valence-corrected chi connectivity index (χ3v) is 2.58. The van der Waals surface area contributed by atoms with Gasteiger partial charge in [-0.05, 0) is 19.4 Å². The first-order chi connectivity index (χ1) is 3.77. The highest BCUT2D eigenvalue weighted by Gasteiger charge is 2.26. The molecule has 0 amide bonds. The first-order valence-corrected chi connectivity index (χ1v) is 3.65. The van der Waals surface area contributed by atoms with Gasteiger partial charge in [-0.3, -0.25) is 0 Å². The SMILES string of the molecule is CCC1(S)CCNC1. The maximum absolute atomic E-state index is 4.52. The third kappa shape index (κ3) is 1.17. The molecule has 8 heavy (non-hydrogen) atoms. The number of rotatable bonds is 1. The van der Waals surface area contributed by atoms with Gasteiger partial charge in [-0.2, -0.15) is 12.6 Å². The Labute approximate surface area is 56.3 Å². The van der Waals surface area contributed by atoms with Crippen LogP contribution in [0.5, 0.6) is 0 Å². The topological polar surface area (TPSA) is 12.0 Å². The van der Waals surface area contributed by atoms with Gasteiger partial charge in [0.05, 0.1) is 0 Å². The lowest BCUT2D eigenvalue weighted by Gasteiger charge is -2.17. The molecule has 1 fully saturated rings. The molecule has 1 aliphatic heterocycles. The van der Waals surface area contributed by atoms with Crippen molar-refractivity contribution in [1.82, 2.24) is 5.32 Å². The lowest BCUT2D eigenvalue weighted by molar-refractivity contribution is 0.625. The summed E-state index contributed by atoms with van der Waals surface area (Å²) in [5.74, 6) is 0. The molecule has 0 radical (unpaired) electrons. The van der Waals surface area contributed by atoms with Crippen LogP contribution in [0.2, 0.25) is 0 Å². The summed E-state index contributed by atoms with van der Waals surface area (Å²) < 4.78 is 0.319. The van der Waals surface area contributed by atoms with Crippen molar-refractivity contribution < 1.29 is 0 Å². The number of nitrogens with one attached hydrogen (secondary N) is 1. The van der Waals surface area contributed by atoms with Crippen LogP contribution >= 0.6 is 12.6 Å². The number of hydrogen-bond donors (Lipinski definition) is 2. The summed E-state index contributed by atoms with van der Waals surface area (Å²) in [4.78, 5) is 0. The minimum Gasteiger partial charge on any atom is -0.315 e. The van der Waals surface area contributed by atoms with E-state index in [9.17, 15) is 0 Å². The Morgan fingerprint density at radius 2 is 2.50 bits per heavy atom. The first kappa shape index (κ1) is 6.43. The van der Waals surface area contributed by atoms with Crippen molar-refractivity contribution in [2.45, 2.75) is 24.5 Å². The highest BCUT2D eigenvalue weighted by Crippen LogP contribution is 2.25. The normalized spacial score (nSPS) is 38.2. The van der Waals surface area contributed by atoms with Gasteiger partial charge in [0.25, 0.3) is 0 Å². The molecule has 1 nitrogen and oxygen atoms in total. The predicted octanol–water partition coefficient (Wildman–Crippen LogP) is 1.06. The van der Waals surface area contributed by atoms with Crippen LogP contribution in [0.15, 0.2) is 0 Å². The number of hydrogen-bond acceptors (Lipinski definition) is 2. The molecule has 0 spiro atoms. The summed E-state index contributed by atoms with van der Waals surface area (Å²) in [7, 11) is 0. The molecule has 0 aromatic rings. The van der Waals surface area contributed by atoms with E-state index in [1.807, 2.05) is 0 Å². The molecular formula is C6H13NS. The van der Waals surface area contributed by atoms with Gasteiger partial charge in [-0.25, -0.2) is 0 Å². The summed E-state index contributed by atoms with van der Waals surface area (Å²) in [5, 5.41) is 3.29. The summed E-state index contributed by atoms with van der Waals surface area (Å²) in [6.45, 7) is 4.43. The maximum atomic E-state index is 4.52. The van der Waals surface area contributed by atoms with Crippen molar-refractivity contribution in [2.24, 2.45) is 0 Å². The summed E-state index contributed by atoms with van der Waals surface area (Å²) in [5.41, 5.74) is 0. The second-order valence-electron chi connectivity index (χ2n) is 2.50. The zero-order valence-corrected chi connectivity index (χ0v) is 6.17. The van der Waals surface area contributed by atoms with Crippen LogP contribution < -0.4 is 5.32 Å². The van der Waals surface area contributed by atoms with E-state index >= 15 is 0 Å². The second-order valence-corrected chi connectivity index (χ2v) is 3.45. The number of thiol groups is 1. The molecule has 48 valence electrons. The van der Waals surface area contributed by atoms with Crippen molar-refractivity contribution in [3.63, 3.8) is 0 Å². The lowest BCUT2D eigenvalue weighted by atomic mass is 10.1. The van der Waals surface area contributed by atoms with E-state index in [1.54, 1.807) is 0 Å². The fourth-order valence-corrected chi connectivity index (χ4v) is 1.26. The second kappa shape index (κ2) is 2.28. The molecule has 1 heterocycles. The average molecular weight is 131 g/mol. The smallest absolute Gasteiger partial charge is 0.0263 e. The monoisotopic (exact) mass is 131 g/mol. The van der Waals surface area contributed by atoms with Gasteiger partial charge >= 0.3 is 0 Å². The van der Waals surface area contributed by atoms with Crippen LogP contribution in [0.3, 0.4) is 0 Å². The predicted molar refractivity (Wildman–Crippen MR) is 39.5 cm³/mol. The van der Waals surface area contributed by atoms with Gasteiger partial charge in [0.2, 0.25) is 0 Å². The van der Waals surface area contributed by atoms with E-state index in [0.29, 0.717) is 4.75 Å². The lowest BCUT2D eigenvalue weighted by Crippen LogP contribution is -2.23. The molecule has 1 aliphatic rings. The van der Waals surface area contributed by atoms with Crippen molar-refractivity contribution in [1.29, 1.82) is 0 Å². The Hall–Kier alpha value is 0.310. The summed E-state index contributed by atoms with van der Waals surface area (Å²) >= 11 is 4.52. The molecule has 0 saturated carbocycles. The Morgan fingerprint density at radius 3 is 2.75 bits per heavy atom. The van der Waals surface area contributed by atoms with E-state index in [0.717, 1.165) is 13.1 Å². The van der Waals surface area contributed by atoms with Crippen LogP contribution in [0.25, 0.3) is 0 Å². The van der Waals surface area contributed by atoms with E-state index in [2.05, 4.69) is 24.9 Å². The third-order valence-electron chi connectivity index (χ3n) is 1.88. The first-order valence-electron chi connectivity index (χ1n) is 3.20. The van der Waals surface area contributed by atoms with Gasteiger partial charge in [0, 0.05) is 11.3 Å². The largest absolute Gasteiger partial charge is 0.315 e. The molecule has 0 bridgehead atoms. The molecule has 1 saturated heterocycles. The van der Waals surface area contributed by atoms with Crippen LogP contribution in [0.1, 0.15) is 19.8 Å². The minimum absolute atomic E-state index is 0.319. The van der Waals surface area contributed by atoms with Gasteiger partial charge in [0.15, 0.2) is 0 Å². The molecule has 1 N–H and O–H groups in total. The van der Waals surface area contributed by atoms with E-state index in [4.69, 9.17) is 0 Å². The Balaban J connectivity index is 2.40. The fourth-order valence-electron chi connectivity index (χ4n) is 1.03. The Morgan fingerprint density at radius 1 is 1.75 bits per heavy atom. The summed E-state index contributed by atoms with van der Waals surface area (Å²) in [6.07, 6.45) is 2.41. The van der Waals surface area contributed by atoms with Crippen LogP contribution in [-0.2, 0) is 0 Å². The molecule has 0 aliphatic carbocycles. The maximum Gasteiger partial charge on any atom is 0.0263 e. The van der Waals surface area contributed by atoms with Crippen molar-refractivity contribution in [2.75, 3.05) is 13.1 Å². The summed E-state index contributed by atoms with van der Waals surface area (Å²) in [6, 6.07) is 0. The molecule has 2 heteroatoms. The van der Waals surface area contributed by atoms with E-state index < -0.39 is 0 Å². The molecular weight excluding hydrogens is 118 g/mol. The highest BCUT2D eigenvalue weighted by atomic mass is 32.1. The van der Waals surface area contributed by atoms with Crippen LogP contribution in [0.4, 0.5) is 0 Å². The quantitative estimate of drug-likeness (QED) is 0.507. The van der Waals surface area contributed by atoms with Crippen molar-refractivity contribution in [3.05, 3.63) is 0 Å². The zero-order valence-electron chi connectivity index (χ0n) is 5.28. The Bertz CT molecular complexity index is 76.6. The highest BCUT2D eigenvalue weighted by molar-refractivity contribution is 7.81. The molecule has 0 aromatic carbocycles. The molecule has 1 unspecified atom stereocenters. The standard InChI is InChI=1S/C6H13NS/c1-2-6(8)3-4-7-5-6/h7-8H,2-5H2,1H3. The van der Waals surface area contributed by atoms with E-state index in [1.165, 1.54) is 12.8 Å². The van der Waals surface area contributed by atoms with Crippen LogP contribution in [0, 0.1) is 0 Å². The average Bonchev–Trinajstić information content (AvgIpc) is 2.17. The van der Waals surface area contributed by atoms with Crippen molar-refractivity contribution >= 4 is 12.6 Å². The molecule has 1 rings (SSSR count).